The van der Waals surface area contributed by atoms with Crippen molar-refractivity contribution in [1.82, 2.24) is 10.1 Å². The van der Waals surface area contributed by atoms with E-state index < -0.39 is 5.82 Å². The van der Waals surface area contributed by atoms with Gasteiger partial charge in [0.1, 0.15) is 5.82 Å². The number of hydrogen-bond donors (Lipinski definition) is 1. The molecule has 19 heavy (non-hydrogen) atoms. The Morgan fingerprint density at radius 3 is 2.68 bits per heavy atom. The maximum atomic E-state index is 13.3. The number of nitrogen functional groups attached to an aromatic ring is 1. The first-order valence-corrected chi connectivity index (χ1v) is 6.86. The highest BCUT2D eigenvalue weighted by molar-refractivity contribution is 7.98. The summed E-state index contributed by atoms with van der Waals surface area (Å²) < 4.78 is 18.5. The molecule has 0 aliphatic carbocycles. The van der Waals surface area contributed by atoms with E-state index in [-0.39, 0.29) is 11.1 Å². The van der Waals surface area contributed by atoms with Crippen molar-refractivity contribution in [2.24, 2.45) is 0 Å². The van der Waals surface area contributed by atoms with Gasteiger partial charge in [0.05, 0.1) is 11.4 Å². The predicted molar refractivity (Wildman–Crippen MR) is 73.4 cm³/mol. The van der Waals surface area contributed by atoms with Crippen LogP contribution in [0.1, 0.15) is 32.5 Å². The number of thioether (sulfide) groups is 1. The number of rotatable bonds is 3. The summed E-state index contributed by atoms with van der Waals surface area (Å²) in [5, 5.41) is 3.91. The summed E-state index contributed by atoms with van der Waals surface area (Å²) in [5.74, 6) is 1.33. The summed E-state index contributed by atoms with van der Waals surface area (Å²) in [5.41, 5.74) is 5.41. The molecule has 6 heteroatoms. The van der Waals surface area contributed by atoms with Crippen molar-refractivity contribution in [3.63, 3.8) is 0 Å². The van der Waals surface area contributed by atoms with E-state index in [1.54, 1.807) is 12.1 Å². The van der Waals surface area contributed by atoms with Gasteiger partial charge in [-0.2, -0.15) is 4.98 Å². The monoisotopic (exact) mass is 281 g/mol. The first-order chi connectivity index (χ1) is 8.86. The Morgan fingerprint density at radius 2 is 2.11 bits per heavy atom. The Morgan fingerprint density at radius 1 is 1.37 bits per heavy atom. The Hall–Kier alpha value is -1.56. The molecule has 1 aromatic heterocycles. The fourth-order valence-electron chi connectivity index (χ4n) is 1.36. The van der Waals surface area contributed by atoms with Crippen LogP contribution in [0.2, 0.25) is 0 Å². The van der Waals surface area contributed by atoms with Crippen molar-refractivity contribution in [2.45, 2.75) is 36.8 Å². The number of anilines is 1. The first-order valence-electron chi connectivity index (χ1n) is 5.87. The van der Waals surface area contributed by atoms with E-state index in [4.69, 9.17) is 10.3 Å². The summed E-state index contributed by atoms with van der Waals surface area (Å²) in [6.07, 6.45) is 0. The van der Waals surface area contributed by atoms with Crippen molar-refractivity contribution in [3.8, 4) is 0 Å². The smallest absolute Gasteiger partial charge is 0.232 e. The molecule has 0 amide bonds. The fourth-order valence-corrected chi connectivity index (χ4v) is 2.13. The van der Waals surface area contributed by atoms with E-state index in [2.05, 4.69) is 10.1 Å². The van der Waals surface area contributed by atoms with Gasteiger partial charge >= 0.3 is 0 Å². The number of benzene rings is 1. The Labute approximate surface area is 115 Å². The van der Waals surface area contributed by atoms with Gasteiger partial charge in [-0.25, -0.2) is 4.39 Å². The number of nitrogens with zero attached hydrogens (tertiary/aromatic N) is 2. The van der Waals surface area contributed by atoms with Crippen LogP contribution in [0.15, 0.2) is 27.6 Å². The van der Waals surface area contributed by atoms with Crippen LogP contribution in [0.3, 0.4) is 0 Å². The highest BCUT2D eigenvalue weighted by Crippen LogP contribution is 2.26. The van der Waals surface area contributed by atoms with Gasteiger partial charge in [-0.3, -0.25) is 0 Å². The second-order valence-electron chi connectivity index (χ2n) is 5.24. The van der Waals surface area contributed by atoms with E-state index in [1.807, 2.05) is 20.8 Å². The van der Waals surface area contributed by atoms with Gasteiger partial charge in [0.15, 0.2) is 5.82 Å². The van der Waals surface area contributed by atoms with Crippen LogP contribution >= 0.6 is 11.8 Å². The highest BCUT2D eigenvalue weighted by Gasteiger charge is 2.21. The lowest BCUT2D eigenvalue weighted by atomic mass is 9.97. The molecule has 2 aromatic rings. The van der Waals surface area contributed by atoms with E-state index >= 15 is 0 Å². The molecule has 0 saturated carbocycles. The van der Waals surface area contributed by atoms with Gasteiger partial charge in [-0.05, 0) is 18.2 Å². The van der Waals surface area contributed by atoms with Crippen molar-refractivity contribution >= 4 is 17.4 Å². The number of hydrogen-bond acceptors (Lipinski definition) is 5. The van der Waals surface area contributed by atoms with Crippen LogP contribution in [0.25, 0.3) is 0 Å². The van der Waals surface area contributed by atoms with Gasteiger partial charge in [-0.15, -0.1) is 11.8 Å². The summed E-state index contributed by atoms with van der Waals surface area (Å²) in [6.45, 7) is 6.02. The molecule has 0 fully saturated rings. The van der Waals surface area contributed by atoms with E-state index in [0.717, 1.165) is 4.90 Å². The molecular weight excluding hydrogens is 265 g/mol. The lowest BCUT2D eigenvalue weighted by Gasteiger charge is -2.10. The van der Waals surface area contributed by atoms with Crippen molar-refractivity contribution in [2.75, 3.05) is 5.73 Å². The SMILES string of the molecule is CC(C)(C)c1nc(CSc2ccc(N)c(F)c2)no1. The third kappa shape index (κ3) is 3.47. The highest BCUT2D eigenvalue weighted by atomic mass is 32.2. The summed E-state index contributed by atoms with van der Waals surface area (Å²) in [6, 6.07) is 4.73. The molecule has 2 N–H and O–H groups in total. The second-order valence-corrected chi connectivity index (χ2v) is 6.29. The Bertz CT molecular complexity index is 578. The minimum absolute atomic E-state index is 0.152. The predicted octanol–water partition coefficient (Wildman–Crippen LogP) is 3.38. The third-order valence-corrected chi connectivity index (χ3v) is 3.44. The van der Waals surface area contributed by atoms with Gasteiger partial charge < -0.3 is 10.3 Å². The third-order valence-electron chi connectivity index (χ3n) is 2.45. The zero-order valence-corrected chi connectivity index (χ0v) is 11.9. The fraction of sp³-hybridized carbons (Fsp3) is 0.385. The maximum absolute atomic E-state index is 13.3. The average molecular weight is 281 g/mol. The van der Waals surface area contributed by atoms with Gasteiger partial charge in [0.2, 0.25) is 5.89 Å². The summed E-state index contributed by atoms with van der Waals surface area (Å²) in [7, 11) is 0. The zero-order chi connectivity index (χ0) is 14.0. The number of halogens is 1. The summed E-state index contributed by atoms with van der Waals surface area (Å²) in [4.78, 5) is 5.11. The van der Waals surface area contributed by atoms with Gasteiger partial charge in [0, 0.05) is 10.3 Å². The standard InChI is InChI=1S/C13H16FN3OS/c1-13(2,3)12-16-11(17-18-12)7-19-8-4-5-10(15)9(14)6-8/h4-6H,7,15H2,1-3H3. The largest absolute Gasteiger partial charge is 0.396 e. The van der Waals surface area contributed by atoms with Crippen LogP contribution in [-0.4, -0.2) is 10.1 Å². The quantitative estimate of drug-likeness (QED) is 0.690. The molecule has 1 aromatic carbocycles. The molecular formula is C13H16FN3OS. The normalized spacial score (nSPS) is 11.8. The maximum Gasteiger partial charge on any atom is 0.232 e. The van der Waals surface area contributed by atoms with Crippen LogP contribution in [0, 0.1) is 5.82 Å². The molecule has 102 valence electrons. The van der Waals surface area contributed by atoms with E-state index in [1.165, 1.54) is 17.8 Å². The molecule has 1 heterocycles. The lowest BCUT2D eigenvalue weighted by molar-refractivity contribution is 0.319. The van der Waals surface area contributed by atoms with Crippen LogP contribution in [-0.2, 0) is 11.2 Å². The molecule has 0 atom stereocenters. The minimum atomic E-state index is -0.409. The Balaban J connectivity index is 2.02. The topological polar surface area (TPSA) is 64.9 Å². The molecule has 0 unspecified atom stereocenters. The molecule has 0 spiro atoms. The Kier molecular flexibility index (Phi) is 3.80. The average Bonchev–Trinajstić information content (AvgIpc) is 2.79. The minimum Gasteiger partial charge on any atom is -0.396 e. The second kappa shape index (κ2) is 5.21. The molecule has 0 aliphatic heterocycles. The van der Waals surface area contributed by atoms with Crippen LogP contribution in [0.4, 0.5) is 10.1 Å². The van der Waals surface area contributed by atoms with Crippen molar-refractivity contribution < 1.29 is 8.91 Å². The molecule has 0 saturated heterocycles. The van der Waals surface area contributed by atoms with Crippen LogP contribution in [0.5, 0.6) is 0 Å². The van der Waals surface area contributed by atoms with E-state index in [9.17, 15) is 4.39 Å². The van der Waals surface area contributed by atoms with Crippen molar-refractivity contribution in [3.05, 3.63) is 35.7 Å². The zero-order valence-electron chi connectivity index (χ0n) is 11.1. The molecule has 4 nitrogen and oxygen atoms in total. The number of aromatic nitrogens is 2. The van der Waals surface area contributed by atoms with Gasteiger partial charge in [0.25, 0.3) is 0 Å². The van der Waals surface area contributed by atoms with Crippen molar-refractivity contribution in [1.29, 1.82) is 0 Å². The molecule has 0 radical (unpaired) electrons. The molecule has 2 rings (SSSR count). The van der Waals surface area contributed by atoms with Crippen LogP contribution < -0.4 is 5.73 Å². The van der Waals surface area contributed by atoms with E-state index in [0.29, 0.717) is 17.5 Å². The lowest BCUT2D eigenvalue weighted by Crippen LogP contribution is -2.11. The summed E-state index contributed by atoms with van der Waals surface area (Å²) >= 11 is 1.44. The molecule has 0 bridgehead atoms. The number of nitrogens with two attached hydrogens (primary N) is 1. The first kappa shape index (κ1) is 13.9. The van der Waals surface area contributed by atoms with Gasteiger partial charge in [-0.1, -0.05) is 25.9 Å². The molecule has 0 aliphatic rings.